The summed E-state index contributed by atoms with van der Waals surface area (Å²) in [6.07, 6.45) is 0. The largest absolute Gasteiger partial charge is 0.147 e. The van der Waals surface area contributed by atoms with Crippen LogP contribution in [-0.2, 0) is 0 Å². The molecular weight excluding hydrogens is 221 g/mol. The van der Waals surface area contributed by atoms with Gasteiger partial charge in [0.05, 0.1) is 0 Å². The fourth-order valence-electron chi connectivity index (χ4n) is 0.753. The molecule has 4 heteroatoms. The number of halogens is 3. The van der Waals surface area contributed by atoms with Crippen molar-refractivity contribution in [3.05, 3.63) is 29.8 Å². The summed E-state index contributed by atoms with van der Waals surface area (Å²) in [7, 11) is 0. The van der Waals surface area contributed by atoms with Crippen molar-refractivity contribution < 1.29 is 0 Å². The number of rotatable bonds is 1. The van der Waals surface area contributed by atoms with Crippen molar-refractivity contribution in [3.8, 4) is 0 Å². The minimum Gasteiger partial charge on any atom is -0.147 e. The molecule has 0 spiro atoms. The number of benzene rings is 1. The molecule has 0 saturated heterocycles. The first-order chi connectivity index (χ1) is 4.72. The summed E-state index contributed by atoms with van der Waals surface area (Å²) in [6, 6.07) is 7.89. The highest BCUT2D eigenvalue weighted by Gasteiger charge is 2.04. The first kappa shape index (κ1) is 11.5. The van der Waals surface area contributed by atoms with Crippen molar-refractivity contribution in [3.63, 3.8) is 0 Å². The number of hydrogen-bond acceptors (Lipinski definition) is 0. The first-order valence-electron chi connectivity index (χ1n) is 2.89. The predicted octanol–water partition coefficient (Wildman–Crippen LogP) is 3.83. The van der Waals surface area contributed by atoms with Gasteiger partial charge in [0.2, 0.25) is 0 Å². The van der Waals surface area contributed by atoms with Gasteiger partial charge in [-0.15, -0.1) is 12.4 Å². The second-order valence-electron chi connectivity index (χ2n) is 2.02. The van der Waals surface area contributed by atoms with Crippen molar-refractivity contribution in [1.29, 1.82) is 0 Å². The van der Waals surface area contributed by atoms with Crippen LogP contribution in [0.1, 0.15) is 5.56 Å². The maximum atomic E-state index is 5.74. The van der Waals surface area contributed by atoms with Crippen molar-refractivity contribution in [2.45, 2.75) is 6.92 Å². The molecule has 0 aliphatic carbocycles. The summed E-state index contributed by atoms with van der Waals surface area (Å²) in [6.45, 7) is 1.04. The Morgan fingerprint density at radius 1 is 1.18 bits per heavy atom. The van der Waals surface area contributed by atoms with Crippen LogP contribution >= 0.6 is 41.5 Å². The first-order valence-corrected chi connectivity index (χ1v) is 6.04. The summed E-state index contributed by atoms with van der Waals surface area (Å²) in [5.74, 6) is 0. The summed E-state index contributed by atoms with van der Waals surface area (Å²) in [5, 5.41) is 1.06. The van der Waals surface area contributed by atoms with E-state index in [0.717, 1.165) is 5.30 Å². The van der Waals surface area contributed by atoms with Crippen molar-refractivity contribution in [2.75, 3.05) is 0 Å². The van der Waals surface area contributed by atoms with E-state index in [9.17, 15) is 0 Å². The van der Waals surface area contributed by atoms with Crippen LogP contribution in [0, 0.1) is 6.92 Å². The van der Waals surface area contributed by atoms with Gasteiger partial charge >= 0.3 is 0 Å². The van der Waals surface area contributed by atoms with E-state index in [1.807, 2.05) is 31.2 Å². The lowest BCUT2D eigenvalue weighted by molar-refractivity contribution is 1.52. The number of hydrogen-bond donors (Lipinski definition) is 0. The Kier molecular flexibility index (Phi) is 5.46. The maximum absolute atomic E-state index is 5.74. The average Bonchev–Trinajstić information content (AvgIpc) is 1.88. The standard InChI is InChI=1S/C7H7Cl2P.ClH/c1-6-4-2-3-5-7(6)10(8)9;/h2-5H,1H3;1H. The van der Waals surface area contributed by atoms with Crippen molar-refractivity contribution in [1.82, 2.24) is 0 Å². The Balaban J connectivity index is 0.000001000. The van der Waals surface area contributed by atoms with Gasteiger partial charge < -0.3 is 0 Å². The van der Waals surface area contributed by atoms with Crippen LogP contribution in [0.3, 0.4) is 0 Å². The molecule has 0 nitrogen and oxygen atoms in total. The van der Waals surface area contributed by atoms with E-state index >= 15 is 0 Å². The van der Waals surface area contributed by atoms with Gasteiger partial charge in [-0.05, 0) is 12.5 Å². The van der Waals surface area contributed by atoms with Crippen LogP contribution in [0.2, 0.25) is 0 Å². The van der Waals surface area contributed by atoms with Gasteiger partial charge in [-0.1, -0.05) is 46.7 Å². The Morgan fingerprint density at radius 3 is 2.09 bits per heavy atom. The summed E-state index contributed by atoms with van der Waals surface area (Å²) in [5.41, 5.74) is 1.17. The van der Waals surface area contributed by atoms with Gasteiger partial charge in [-0.3, -0.25) is 0 Å². The van der Waals surface area contributed by atoms with Gasteiger partial charge in [0, 0.05) is 5.30 Å². The number of aryl methyl sites for hydroxylation is 1. The molecule has 0 N–H and O–H groups in total. The van der Waals surface area contributed by atoms with Gasteiger partial charge in [-0.25, -0.2) is 0 Å². The lowest BCUT2D eigenvalue weighted by Crippen LogP contribution is -1.98. The zero-order valence-electron chi connectivity index (χ0n) is 5.92. The minimum atomic E-state index is -0.972. The molecule has 0 fully saturated rings. The lowest BCUT2D eigenvalue weighted by Gasteiger charge is -2.03. The Hall–Kier alpha value is 0.520. The van der Waals surface area contributed by atoms with Crippen LogP contribution in [0.4, 0.5) is 0 Å². The SMILES string of the molecule is Cc1ccccc1P(Cl)Cl.Cl. The second-order valence-corrected chi connectivity index (χ2v) is 5.51. The zero-order valence-corrected chi connectivity index (χ0v) is 9.14. The smallest absolute Gasteiger partial charge is 0.117 e. The van der Waals surface area contributed by atoms with E-state index in [0.29, 0.717) is 0 Å². The molecule has 0 aromatic heterocycles. The molecule has 0 unspecified atom stereocenters. The molecule has 1 aromatic rings. The minimum absolute atomic E-state index is 0. The summed E-state index contributed by atoms with van der Waals surface area (Å²) < 4.78 is 0. The molecule has 11 heavy (non-hydrogen) atoms. The van der Waals surface area contributed by atoms with E-state index < -0.39 is 6.63 Å². The zero-order chi connectivity index (χ0) is 7.56. The molecule has 0 bridgehead atoms. The molecule has 0 saturated carbocycles. The van der Waals surface area contributed by atoms with Crippen molar-refractivity contribution in [2.24, 2.45) is 0 Å². The summed E-state index contributed by atoms with van der Waals surface area (Å²) in [4.78, 5) is 0. The molecule has 1 rings (SSSR count). The fraction of sp³-hybridized carbons (Fsp3) is 0.143. The van der Waals surface area contributed by atoms with E-state index in [4.69, 9.17) is 22.5 Å². The normalized spacial score (nSPS) is 9.45. The highest BCUT2D eigenvalue weighted by molar-refractivity contribution is 8.08. The van der Waals surface area contributed by atoms with Crippen LogP contribution in [0.5, 0.6) is 0 Å². The Morgan fingerprint density at radius 2 is 1.73 bits per heavy atom. The molecule has 0 aliphatic heterocycles. The molecule has 0 amide bonds. The quantitative estimate of drug-likeness (QED) is 0.642. The van der Waals surface area contributed by atoms with Crippen LogP contribution in [0.25, 0.3) is 0 Å². The average molecular weight is 229 g/mol. The highest BCUT2D eigenvalue weighted by atomic mass is 35.9. The predicted molar refractivity (Wildman–Crippen MR) is 56.7 cm³/mol. The molecule has 0 radical (unpaired) electrons. The topological polar surface area (TPSA) is 0 Å². The monoisotopic (exact) mass is 228 g/mol. The molecule has 0 aliphatic rings. The molecule has 0 heterocycles. The van der Waals surface area contributed by atoms with Crippen LogP contribution in [0.15, 0.2) is 24.3 Å². The van der Waals surface area contributed by atoms with Crippen LogP contribution in [-0.4, -0.2) is 0 Å². The van der Waals surface area contributed by atoms with E-state index in [1.54, 1.807) is 0 Å². The second kappa shape index (κ2) is 5.22. The van der Waals surface area contributed by atoms with E-state index in [1.165, 1.54) is 5.56 Å². The Labute approximate surface area is 83.6 Å². The molecule has 0 atom stereocenters. The van der Waals surface area contributed by atoms with Gasteiger partial charge in [0.1, 0.15) is 6.63 Å². The maximum Gasteiger partial charge on any atom is 0.117 e. The van der Waals surface area contributed by atoms with E-state index in [2.05, 4.69) is 0 Å². The van der Waals surface area contributed by atoms with Crippen LogP contribution < -0.4 is 5.30 Å². The fourth-order valence-corrected chi connectivity index (χ4v) is 2.43. The molecule has 1 aromatic carbocycles. The Bertz CT molecular complexity index is 225. The summed E-state index contributed by atoms with van der Waals surface area (Å²) >= 11 is 11.5. The van der Waals surface area contributed by atoms with Crippen molar-refractivity contribution >= 4 is 46.8 Å². The third kappa shape index (κ3) is 3.17. The third-order valence-corrected chi connectivity index (χ3v) is 3.26. The van der Waals surface area contributed by atoms with Gasteiger partial charge in [0.25, 0.3) is 0 Å². The molecular formula is C7H8Cl3P. The highest BCUT2D eigenvalue weighted by Crippen LogP contribution is 2.45. The third-order valence-electron chi connectivity index (χ3n) is 1.30. The van der Waals surface area contributed by atoms with Gasteiger partial charge in [0.15, 0.2) is 0 Å². The lowest BCUT2D eigenvalue weighted by atomic mass is 10.2. The van der Waals surface area contributed by atoms with E-state index in [-0.39, 0.29) is 12.4 Å². The molecule has 62 valence electrons. The van der Waals surface area contributed by atoms with Gasteiger partial charge in [-0.2, -0.15) is 0 Å².